The molecule has 32 heavy (non-hydrogen) atoms. The quantitative estimate of drug-likeness (QED) is 0.716. The molecule has 0 radical (unpaired) electrons. The van der Waals surface area contributed by atoms with Crippen LogP contribution in [0.3, 0.4) is 0 Å². The molecule has 3 saturated heterocycles. The van der Waals surface area contributed by atoms with E-state index in [4.69, 9.17) is 0 Å². The lowest BCUT2D eigenvalue weighted by Gasteiger charge is -2.29. The van der Waals surface area contributed by atoms with Gasteiger partial charge in [-0.15, -0.1) is 0 Å². The van der Waals surface area contributed by atoms with Crippen LogP contribution in [0, 0.1) is 0 Å². The topological polar surface area (TPSA) is 104 Å². The summed E-state index contributed by atoms with van der Waals surface area (Å²) in [7, 11) is 1.78. The van der Waals surface area contributed by atoms with Crippen molar-refractivity contribution in [3.05, 3.63) is 59.9 Å². The molecule has 9 heteroatoms. The number of carbonyl (C=O) groups is 4. The Bertz CT molecular complexity index is 1080. The van der Waals surface area contributed by atoms with E-state index in [2.05, 4.69) is 10.6 Å². The SMILES string of the molecule is Cn1cccc1C(=O)NC1CC2C(=O)NC3CCN(C(=O)c4ccccc4)C3C(=O)N2C1. The van der Waals surface area contributed by atoms with Crippen molar-refractivity contribution < 1.29 is 19.2 Å². The molecule has 3 aliphatic rings. The average molecular weight is 435 g/mol. The number of nitrogens with zero attached hydrogens (tertiary/aromatic N) is 3. The highest BCUT2D eigenvalue weighted by Crippen LogP contribution is 2.30. The van der Waals surface area contributed by atoms with Crippen molar-refractivity contribution in [1.29, 1.82) is 0 Å². The Morgan fingerprint density at radius 3 is 2.59 bits per heavy atom. The van der Waals surface area contributed by atoms with E-state index in [1.165, 1.54) is 4.90 Å². The maximum atomic E-state index is 13.5. The maximum Gasteiger partial charge on any atom is 0.268 e. The molecule has 0 bridgehead atoms. The van der Waals surface area contributed by atoms with Crippen LogP contribution in [-0.4, -0.2) is 75.3 Å². The molecular formula is C23H25N5O4. The van der Waals surface area contributed by atoms with Gasteiger partial charge in [0, 0.05) is 37.9 Å². The van der Waals surface area contributed by atoms with E-state index in [-0.39, 0.29) is 36.2 Å². The predicted molar refractivity (Wildman–Crippen MR) is 115 cm³/mol. The van der Waals surface area contributed by atoms with Crippen molar-refractivity contribution in [3.8, 4) is 0 Å². The number of aryl methyl sites for hydroxylation is 1. The Balaban J connectivity index is 1.35. The summed E-state index contributed by atoms with van der Waals surface area (Å²) in [6.07, 6.45) is 2.67. The van der Waals surface area contributed by atoms with Gasteiger partial charge in [-0.3, -0.25) is 19.2 Å². The van der Waals surface area contributed by atoms with E-state index in [9.17, 15) is 19.2 Å². The fraction of sp³-hybridized carbons (Fsp3) is 0.391. The molecule has 0 aliphatic carbocycles. The first-order chi connectivity index (χ1) is 15.4. The second-order valence-corrected chi connectivity index (χ2v) is 8.63. The molecule has 1 aromatic carbocycles. The number of hydrogen-bond donors (Lipinski definition) is 2. The second-order valence-electron chi connectivity index (χ2n) is 8.63. The fourth-order valence-electron chi connectivity index (χ4n) is 5.06. The first-order valence-electron chi connectivity index (χ1n) is 10.8. The van der Waals surface area contributed by atoms with Crippen molar-refractivity contribution in [3.63, 3.8) is 0 Å². The van der Waals surface area contributed by atoms with E-state index < -0.39 is 18.1 Å². The van der Waals surface area contributed by atoms with Crippen molar-refractivity contribution in [2.75, 3.05) is 13.1 Å². The van der Waals surface area contributed by atoms with E-state index in [1.54, 1.807) is 59.1 Å². The number of aromatic nitrogens is 1. The zero-order valence-electron chi connectivity index (χ0n) is 17.7. The number of benzene rings is 1. The van der Waals surface area contributed by atoms with Crippen LogP contribution in [0.15, 0.2) is 48.7 Å². The smallest absolute Gasteiger partial charge is 0.268 e. The minimum Gasteiger partial charge on any atom is -0.349 e. The van der Waals surface area contributed by atoms with Gasteiger partial charge in [0.1, 0.15) is 17.8 Å². The van der Waals surface area contributed by atoms with Gasteiger partial charge in [0.25, 0.3) is 11.8 Å². The van der Waals surface area contributed by atoms with Gasteiger partial charge in [-0.25, -0.2) is 0 Å². The summed E-state index contributed by atoms with van der Waals surface area (Å²) in [5, 5.41) is 5.92. The van der Waals surface area contributed by atoms with Crippen LogP contribution in [0.5, 0.6) is 0 Å². The predicted octanol–water partition coefficient (Wildman–Crippen LogP) is 0.138. The summed E-state index contributed by atoms with van der Waals surface area (Å²) < 4.78 is 1.72. The van der Waals surface area contributed by atoms with Crippen LogP contribution in [0.25, 0.3) is 0 Å². The van der Waals surface area contributed by atoms with Crippen LogP contribution < -0.4 is 10.6 Å². The lowest BCUT2D eigenvalue weighted by Crippen LogP contribution is -2.52. The van der Waals surface area contributed by atoms with Crippen molar-refractivity contribution in [1.82, 2.24) is 25.0 Å². The Morgan fingerprint density at radius 1 is 1.09 bits per heavy atom. The number of rotatable bonds is 3. The second kappa shape index (κ2) is 7.81. The van der Waals surface area contributed by atoms with Gasteiger partial charge in [-0.05, 0) is 37.1 Å². The molecule has 4 amide bonds. The van der Waals surface area contributed by atoms with E-state index in [0.717, 1.165) is 0 Å². The molecule has 5 rings (SSSR count). The van der Waals surface area contributed by atoms with Crippen LogP contribution in [0.2, 0.25) is 0 Å². The molecule has 2 aromatic rings. The summed E-state index contributed by atoms with van der Waals surface area (Å²) in [5.74, 6) is -0.925. The summed E-state index contributed by atoms with van der Waals surface area (Å²) in [6, 6.07) is 10.2. The number of fused-ring (bicyclic) bond motifs is 2. The molecule has 4 atom stereocenters. The van der Waals surface area contributed by atoms with Gasteiger partial charge < -0.3 is 25.0 Å². The third-order valence-corrected chi connectivity index (χ3v) is 6.66. The summed E-state index contributed by atoms with van der Waals surface area (Å²) in [5.41, 5.74) is 1.03. The van der Waals surface area contributed by atoms with Crippen molar-refractivity contribution in [2.45, 2.75) is 37.0 Å². The molecule has 3 fully saturated rings. The summed E-state index contributed by atoms with van der Waals surface area (Å²) in [6.45, 7) is 0.644. The average Bonchev–Trinajstić information content (AvgIpc) is 3.50. The molecule has 4 heterocycles. The Kier molecular flexibility index (Phi) is 4.96. The zero-order valence-corrected chi connectivity index (χ0v) is 17.7. The van der Waals surface area contributed by atoms with E-state index in [0.29, 0.717) is 30.6 Å². The molecule has 1 aromatic heterocycles. The minimum absolute atomic E-state index is 0.216. The number of carbonyl (C=O) groups excluding carboxylic acids is 4. The molecular weight excluding hydrogens is 410 g/mol. The highest BCUT2D eigenvalue weighted by atomic mass is 16.2. The standard InChI is InChI=1S/C23H25N5O4/c1-26-10-5-8-17(26)20(29)24-15-12-18-21(30)25-16-9-11-27(19(16)23(32)28(18)13-15)22(31)14-6-3-2-4-7-14/h2-8,10,15-16,18-19H,9,11-13H2,1H3,(H,24,29)(H,25,30). The number of nitrogens with one attached hydrogen (secondary N) is 2. The lowest BCUT2D eigenvalue weighted by atomic mass is 10.1. The summed E-state index contributed by atoms with van der Waals surface area (Å²) >= 11 is 0. The highest BCUT2D eigenvalue weighted by Gasteiger charge is 2.52. The van der Waals surface area contributed by atoms with Crippen LogP contribution in [0.1, 0.15) is 33.7 Å². The Morgan fingerprint density at radius 2 is 1.88 bits per heavy atom. The molecule has 0 spiro atoms. The lowest BCUT2D eigenvalue weighted by molar-refractivity contribution is -0.138. The van der Waals surface area contributed by atoms with Crippen molar-refractivity contribution in [2.24, 2.45) is 7.05 Å². The van der Waals surface area contributed by atoms with Gasteiger partial charge in [-0.1, -0.05) is 18.2 Å². The minimum atomic E-state index is -0.737. The molecule has 3 aliphatic heterocycles. The third-order valence-electron chi connectivity index (χ3n) is 6.66. The molecule has 4 unspecified atom stereocenters. The van der Waals surface area contributed by atoms with Gasteiger partial charge in [0.2, 0.25) is 11.8 Å². The molecule has 0 saturated carbocycles. The van der Waals surface area contributed by atoms with Gasteiger partial charge in [0.15, 0.2) is 0 Å². The van der Waals surface area contributed by atoms with Crippen LogP contribution in [-0.2, 0) is 16.6 Å². The normalized spacial score (nSPS) is 26.9. The zero-order chi connectivity index (χ0) is 22.4. The Labute approximate surface area is 185 Å². The largest absolute Gasteiger partial charge is 0.349 e. The first-order valence-corrected chi connectivity index (χ1v) is 10.8. The van der Waals surface area contributed by atoms with Gasteiger partial charge in [0.05, 0.1) is 6.04 Å². The van der Waals surface area contributed by atoms with Crippen molar-refractivity contribution >= 4 is 23.6 Å². The highest BCUT2D eigenvalue weighted by molar-refractivity contribution is 6.01. The van der Waals surface area contributed by atoms with Gasteiger partial charge >= 0.3 is 0 Å². The van der Waals surface area contributed by atoms with Gasteiger partial charge in [-0.2, -0.15) is 0 Å². The molecule has 2 N–H and O–H groups in total. The third kappa shape index (κ3) is 3.34. The first kappa shape index (κ1) is 20.3. The number of amides is 4. The number of hydrogen-bond acceptors (Lipinski definition) is 4. The fourth-order valence-corrected chi connectivity index (χ4v) is 5.06. The maximum absolute atomic E-state index is 13.5. The van der Waals surface area contributed by atoms with Crippen LogP contribution >= 0.6 is 0 Å². The van der Waals surface area contributed by atoms with E-state index >= 15 is 0 Å². The van der Waals surface area contributed by atoms with E-state index in [1.807, 2.05) is 6.07 Å². The molecule has 9 nitrogen and oxygen atoms in total. The summed E-state index contributed by atoms with van der Waals surface area (Å²) in [4.78, 5) is 55.3. The number of likely N-dealkylation sites (tertiary alicyclic amines) is 1. The van der Waals surface area contributed by atoms with Crippen LogP contribution in [0.4, 0.5) is 0 Å². The monoisotopic (exact) mass is 435 g/mol. The molecule has 166 valence electrons. The Hall–Kier alpha value is -3.62.